The molecule has 1 heterocycles. The second kappa shape index (κ2) is 6.73. The van der Waals surface area contributed by atoms with E-state index in [2.05, 4.69) is 40.1 Å². The molecule has 1 aliphatic heterocycles. The zero-order valence-corrected chi connectivity index (χ0v) is 17.5. The first kappa shape index (κ1) is 19.8. The third-order valence-corrected chi connectivity index (χ3v) is 10.1. The van der Waals surface area contributed by atoms with Crippen LogP contribution < -0.4 is 0 Å². The third kappa shape index (κ3) is 4.90. The van der Waals surface area contributed by atoms with E-state index < -0.39 is 13.9 Å². The minimum Gasteiger partial charge on any atom is -0.444 e. The van der Waals surface area contributed by atoms with Gasteiger partial charge >= 0.3 is 6.09 Å². The number of nitrogens with zero attached hydrogens (tertiary/aromatic N) is 1. The molecule has 1 rings (SSSR count). The number of hydrogen-bond donors (Lipinski definition) is 0. The van der Waals surface area contributed by atoms with E-state index in [9.17, 15) is 4.79 Å². The van der Waals surface area contributed by atoms with Gasteiger partial charge < -0.3 is 14.1 Å². The van der Waals surface area contributed by atoms with Crippen molar-refractivity contribution in [3.63, 3.8) is 0 Å². The van der Waals surface area contributed by atoms with E-state index in [4.69, 9.17) is 9.16 Å². The fourth-order valence-corrected chi connectivity index (χ4v) is 3.85. The number of hydrogen-bond acceptors (Lipinski definition) is 4. The highest BCUT2D eigenvalue weighted by molar-refractivity contribution is 7.99. The van der Waals surface area contributed by atoms with Crippen molar-refractivity contribution in [1.82, 2.24) is 4.90 Å². The van der Waals surface area contributed by atoms with Crippen LogP contribution in [0, 0.1) is 0 Å². The van der Waals surface area contributed by atoms with E-state index in [0.717, 1.165) is 6.54 Å². The van der Waals surface area contributed by atoms with Crippen molar-refractivity contribution in [2.75, 3.05) is 19.4 Å². The molecule has 4 nitrogen and oxygen atoms in total. The van der Waals surface area contributed by atoms with Gasteiger partial charge in [-0.15, -0.1) is 0 Å². The lowest BCUT2D eigenvalue weighted by atomic mass is 10.0. The van der Waals surface area contributed by atoms with Crippen LogP contribution in [-0.4, -0.2) is 55.6 Å². The van der Waals surface area contributed by atoms with Crippen LogP contribution in [0.1, 0.15) is 41.5 Å². The van der Waals surface area contributed by atoms with Gasteiger partial charge in [0.05, 0.1) is 12.6 Å². The van der Waals surface area contributed by atoms with Gasteiger partial charge in [-0.2, -0.15) is 11.8 Å². The Kier molecular flexibility index (Phi) is 6.07. The van der Waals surface area contributed by atoms with Crippen LogP contribution in [0.15, 0.2) is 0 Å². The molecule has 0 aromatic heterocycles. The number of ether oxygens (including phenoxy) is 1. The van der Waals surface area contributed by atoms with Gasteiger partial charge in [-0.25, -0.2) is 4.79 Å². The molecular weight excluding hydrogens is 314 g/mol. The zero-order chi connectivity index (χ0) is 17.3. The van der Waals surface area contributed by atoms with Gasteiger partial charge in [0.1, 0.15) is 5.60 Å². The Balaban J connectivity index is 2.67. The summed E-state index contributed by atoms with van der Waals surface area (Å²) >= 11 is 1.80. The van der Waals surface area contributed by atoms with Crippen LogP contribution in [0.3, 0.4) is 0 Å². The quantitative estimate of drug-likeness (QED) is 0.708. The van der Waals surface area contributed by atoms with E-state index in [1.165, 1.54) is 0 Å². The molecule has 0 bridgehead atoms. The molecule has 6 heteroatoms. The predicted octanol–water partition coefficient (Wildman–Crippen LogP) is 4.36. The Morgan fingerprint density at radius 2 is 1.77 bits per heavy atom. The van der Waals surface area contributed by atoms with Gasteiger partial charge in [-0.05, 0) is 45.2 Å². The average Bonchev–Trinajstić information content (AvgIpc) is 2.23. The first-order valence-electron chi connectivity index (χ1n) is 7.95. The number of amides is 1. The van der Waals surface area contributed by atoms with Crippen molar-refractivity contribution < 1.29 is 14.0 Å². The molecule has 1 fully saturated rings. The third-order valence-electron chi connectivity index (χ3n) is 4.56. The number of thioether (sulfide) groups is 1. The second-order valence-electron chi connectivity index (χ2n) is 8.55. The Labute approximate surface area is 141 Å². The monoisotopic (exact) mass is 347 g/mol. The van der Waals surface area contributed by atoms with Crippen LogP contribution in [0.25, 0.3) is 0 Å². The average molecular weight is 348 g/mol. The highest BCUT2D eigenvalue weighted by Gasteiger charge is 2.45. The summed E-state index contributed by atoms with van der Waals surface area (Å²) in [6, 6.07) is 0.124. The SMILES string of the molecule is CS[C@@H]1CN(C(=O)OC(C)(C)C)[C@@H]1CO[Si](C)(C)C(C)(C)C. The lowest BCUT2D eigenvalue weighted by Crippen LogP contribution is -2.64. The Morgan fingerprint density at radius 3 is 2.18 bits per heavy atom. The minimum absolute atomic E-state index is 0.124. The molecule has 0 aromatic carbocycles. The molecule has 1 aliphatic rings. The van der Waals surface area contributed by atoms with E-state index in [1.54, 1.807) is 11.8 Å². The van der Waals surface area contributed by atoms with Gasteiger partial charge in [0.2, 0.25) is 0 Å². The van der Waals surface area contributed by atoms with Crippen molar-refractivity contribution in [2.45, 2.75) is 76.6 Å². The van der Waals surface area contributed by atoms with E-state index >= 15 is 0 Å². The summed E-state index contributed by atoms with van der Waals surface area (Å²) in [6.07, 6.45) is 1.87. The van der Waals surface area contributed by atoms with E-state index in [-0.39, 0.29) is 17.2 Å². The molecule has 0 saturated carbocycles. The smallest absolute Gasteiger partial charge is 0.410 e. The number of likely N-dealkylation sites (tertiary alicyclic amines) is 1. The number of rotatable bonds is 4. The first-order chi connectivity index (χ1) is 9.78. The van der Waals surface area contributed by atoms with Gasteiger partial charge in [-0.1, -0.05) is 20.8 Å². The summed E-state index contributed by atoms with van der Waals surface area (Å²) < 4.78 is 11.8. The molecule has 2 atom stereocenters. The van der Waals surface area contributed by atoms with Crippen LogP contribution in [0.2, 0.25) is 18.1 Å². The van der Waals surface area contributed by atoms with Crippen LogP contribution in [-0.2, 0) is 9.16 Å². The first-order valence-corrected chi connectivity index (χ1v) is 12.1. The summed E-state index contributed by atoms with van der Waals surface area (Å²) in [5.41, 5.74) is -0.452. The highest BCUT2D eigenvalue weighted by atomic mass is 32.2. The van der Waals surface area contributed by atoms with Gasteiger partial charge in [-0.3, -0.25) is 0 Å². The molecule has 1 saturated heterocycles. The summed E-state index contributed by atoms with van der Waals surface area (Å²) in [5, 5.41) is 0.625. The van der Waals surface area contributed by atoms with E-state index in [0.29, 0.717) is 11.9 Å². The summed E-state index contributed by atoms with van der Waals surface area (Å²) in [4.78, 5) is 14.1. The summed E-state index contributed by atoms with van der Waals surface area (Å²) in [7, 11) is -1.79. The molecule has 0 aliphatic carbocycles. The van der Waals surface area contributed by atoms with Crippen LogP contribution in [0.5, 0.6) is 0 Å². The molecule has 0 unspecified atom stereocenters. The lowest BCUT2D eigenvalue weighted by Gasteiger charge is -2.48. The maximum absolute atomic E-state index is 12.3. The largest absolute Gasteiger partial charge is 0.444 e. The Bertz CT molecular complexity index is 401. The Hall–Kier alpha value is -0.203. The topological polar surface area (TPSA) is 38.8 Å². The van der Waals surface area contributed by atoms with Gasteiger partial charge in [0.25, 0.3) is 0 Å². The standard InChI is InChI=1S/C16H33NO3SSi/c1-15(2,3)20-14(18)17-10-13(21-7)12(17)11-19-22(8,9)16(4,5)6/h12-13H,10-11H2,1-9H3/t12-,13-/m1/s1. The number of carbonyl (C=O) groups excluding carboxylic acids is 1. The molecule has 0 aromatic rings. The normalized spacial score (nSPS) is 23.2. The molecule has 22 heavy (non-hydrogen) atoms. The maximum atomic E-state index is 12.3. The summed E-state index contributed by atoms with van der Waals surface area (Å²) in [5.74, 6) is 0. The van der Waals surface area contributed by atoms with Gasteiger partial charge in [0, 0.05) is 11.8 Å². The predicted molar refractivity (Wildman–Crippen MR) is 97.2 cm³/mol. The molecule has 1 amide bonds. The van der Waals surface area contributed by atoms with Crippen molar-refractivity contribution >= 4 is 26.2 Å². The Morgan fingerprint density at radius 1 is 1.23 bits per heavy atom. The maximum Gasteiger partial charge on any atom is 0.410 e. The summed E-state index contributed by atoms with van der Waals surface area (Å²) in [6.45, 7) is 18.3. The fraction of sp³-hybridized carbons (Fsp3) is 0.938. The molecule has 130 valence electrons. The van der Waals surface area contributed by atoms with Crippen molar-refractivity contribution in [3.05, 3.63) is 0 Å². The van der Waals surface area contributed by atoms with Gasteiger partial charge in [0.15, 0.2) is 8.32 Å². The fourth-order valence-electron chi connectivity index (χ4n) is 1.98. The molecule has 0 spiro atoms. The highest BCUT2D eigenvalue weighted by Crippen LogP contribution is 2.38. The van der Waals surface area contributed by atoms with Crippen LogP contribution in [0.4, 0.5) is 4.79 Å². The minimum atomic E-state index is -1.79. The second-order valence-corrected chi connectivity index (χ2v) is 14.4. The van der Waals surface area contributed by atoms with Crippen LogP contribution >= 0.6 is 11.8 Å². The van der Waals surface area contributed by atoms with Crippen molar-refractivity contribution in [1.29, 1.82) is 0 Å². The van der Waals surface area contributed by atoms with Crippen molar-refractivity contribution in [3.8, 4) is 0 Å². The molecule has 0 radical (unpaired) electrons. The van der Waals surface area contributed by atoms with Crippen molar-refractivity contribution in [2.24, 2.45) is 0 Å². The lowest BCUT2D eigenvalue weighted by molar-refractivity contribution is -0.0124. The molecule has 0 N–H and O–H groups in total. The zero-order valence-electron chi connectivity index (χ0n) is 15.6. The number of carbonyl (C=O) groups is 1. The van der Waals surface area contributed by atoms with E-state index in [1.807, 2.05) is 25.7 Å². The molecular formula is C16H33NO3SSi.